The lowest BCUT2D eigenvalue weighted by molar-refractivity contribution is 0.601. The van der Waals surface area contributed by atoms with Gasteiger partial charge in [0, 0.05) is 30.7 Å². The zero-order valence-corrected chi connectivity index (χ0v) is 9.24. The molecule has 0 aliphatic rings. The Balaban J connectivity index is 2.17. The molecule has 1 unspecified atom stereocenters. The van der Waals surface area contributed by atoms with Crippen LogP contribution in [0.5, 0.6) is 0 Å². The van der Waals surface area contributed by atoms with Gasteiger partial charge in [-0.05, 0) is 6.42 Å². The molecule has 0 bridgehead atoms. The molecular formula is C11H15N5. The maximum absolute atomic E-state index is 6.07. The summed E-state index contributed by atoms with van der Waals surface area (Å²) in [7, 11) is 0. The summed E-state index contributed by atoms with van der Waals surface area (Å²) in [5.41, 5.74) is 7.80. The second-order valence-electron chi connectivity index (χ2n) is 3.64. The third kappa shape index (κ3) is 2.25. The van der Waals surface area contributed by atoms with Crippen molar-refractivity contribution in [3.63, 3.8) is 0 Å². The SMILES string of the molecule is CCCn1cc(C(N)c2cnccn2)cn1. The van der Waals surface area contributed by atoms with E-state index < -0.39 is 0 Å². The lowest BCUT2D eigenvalue weighted by Crippen LogP contribution is -2.13. The summed E-state index contributed by atoms with van der Waals surface area (Å²) >= 11 is 0. The molecule has 5 nitrogen and oxygen atoms in total. The number of nitrogens with two attached hydrogens (primary N) is 1. The van der Waals surface area contributed by atoms with E-state index in [1.54, 1.807) is 24.8 Å². The van der Waals surface area contributed by atoms with Crippen LogP contribution in [0.4, 0.5) is 0 Å². The van der Waals surface area contributed by atoms with Crippen LogP contribution >= 0.6 is 0 Å². The fourth-order valence-corrected chi connectivity index (χ4v) is 1.53. The summed E-state index contributed by atoms with van der Waals surface area (Å²) in [6, 6.07) is -0.251. The molecule has 5 heteroatoms. The van der Waals surface area contributed by atoms with Crippen LogP contribution in [0.15, 0.2) is 31.0 Å². The van der Waals surface area contributed by atoms with Crippen LogP contribution < -0.4 is 5.73 Å². The molecule has 0 aromatic carbocycles. The van der Waals surface area contributed by atoms with Crippen molar-refractivity contribution in [2.45, 2.75) is 25.9 Å². The van der Waals surface area contributed by atoms with Gasteiger partial charge in [-0.25, -0.2) is 0 Å². The molecule has 2 heterocycles. The van der Waals surface area contributed by atoms with Gasteiger partial charge >= 0.3 is 0 Å². The molecule has 2 aromatic heterocycles. The average Bonchev–Trinajstić information content (AvgIpc) is 2.78. The second kappa shape index (κ2) is 4.85. The van der Waals surface area contributed by atoms with E-state index in [0.29, 0.717) is 0 Å². The van der Waals surface area contributed by atoms with Gasteiger partial charge in [-0.1, -0.05) is 6.92 Å². The molecule has 2 N–H and O–H groups in total. The fraction of sp³-hybridized carbons (Fsp3) is 0.364. The van der Waals surface area contributed by atoms with Crippen molar-refractivity contribution < 1.29 is 0 Å². The van der Waals surface area contributed by atoms with Crippen LogP contribution in [-0.2, 0) is 6.54 Å². The molecule has 2 aromatic rings. The Kier molecular flexibility index (Phi) is 3.26. The van der Waals surface area contributed by atoms with Crippen molar-refractivity contribution in [3.8, 4) is 0 Å². The molecular weight excluding hydrogens is 202 g/mol. The highest BCUT2D eigenvalue weighted by Crippen LogP contribution is 2.15. The molecule has 0 saturated carbocycles. The van der Waals surface area contributed by atoms with Crippen LogP contribution in [0, 0.1) is 0 Å². The largest absolute Gasteiger partial charge is 0.319 e. The Morgan fingerprint density at radius 2 is 2.25 bits per heavy atom. The van der Waals surface area contributed by atoms with Crippen LogP contribution in [0.1, 0.15) is 30.6 Å². The van der Waals surface area contributed by atoms with Gasteiger partial charge < -0.3 is 5.73 Å². The molecule has 2 rings (SSSR count). The van der Waals surface area contributed by atoms with Gasteiger partial charge in [-0.3, -0.25) is 14.6 Å². The monoisotopic (exact) mass is 217 g/mol. The Morgan fingerprint density at radius 3 is 2.94 bits per heavy atom. The van der Waals surface area contributed by atoms with E-state index in [1.165, 1.54) is 0 Å². The quantitative estimate of drug-likeness (QED) is 0.833. The van der Waals surface area contributed by atoms with E-state index >= 15 is 0 Å². The summed E-state index contributed by atoms with van der Waals surface area (Å²) in [5, 5.41) is 4.24. The predicted molar refractivity (Wildman–Crippen MR) is 60.6 cm³/mol. The van der Waals surface area contributed by atoms with Gasteiger partial charge in [0.15, 0.2) is 0 Å². The smallest absolute Gasteiger partial charge is 0.0800 e. The van der Waals surface area contributed by atoms with Gasteiger partial charge in [0.2, 0.25) is 0 Å². The fourth-order valence-electron chi connectivity index (χ4n) is 1.53. The van der Waals surface area contributed by atoms with Crippen molar-refractivity contribution >= 4 is 0 Å². The van der Waals surface area contributed by atoms with E-state index in [-0.39, 0.29) is 6.04 Å². The highest BCUT2D eigenvalue weighted by molar-refractivity contribution is 5.20. The molecule has 0 aliphatic heterocycles. The van der Waals surface area contributed by atoms with Gasteiger partial charge in [0.1, 0.15) is 0 Å². The molecule has 0 spiro atoms. The van der Waals surface area contributed by atoms with Crippen LogP contribution in [0.3, 0.4) is 0 Å². The van der Waals surface area contributed by atoms with E-state index in [4.69, 9.17) is 5.73 Å². The van der Waals surface area contributed by atoms with Crippen molar-refractivity contribution in [2.75, 3.05) is 0 Å². The van der Waals surface area contributed by atoms with Gasteiger partial charge in [-0.15, -0.1) is 0 Å². The maximum Gasteiger partial charge on any atom is 0.0800 e. The highest BCUT2D eigenvalue weighted by Gasteiger charge is 2.12. The topological polar surface area (TPSA) is 69.6 Å². The molecule has 0 radical (unpaired) electrons. The first kappa shape index (κ1) is 10.8. The number of aromatic nitrogens is 4. The molecule has 0 amide bonds. The van der Waals surface area contributed by atoms with Crippen LogP contribution in [0.2, 0.25) is 0 Å². The van der Waals surface area contributed by atoms with E-state index in [1.807, 2.05) is 10.9 Å². The summed E-state index contributed by atoms with van der Waals surface area (Å²) in [5.74, 6) is 0. The zero-order chi connectivity index (χ0) is 11.4. The molecule has 16 heavy (non-hydrogen) atoms. The van der Waals surface area contributed by atoms with Gasteiger partial charge in [0.25, 0.3) is 0 Å². The van der Waals surface area contributed by atoms with Crippen molar-refractivity contribution in [1.82, 2.24) is 19.7 Å². The first-order chi connectivity index (χ1) is 7.81. The normalized spacial score (nSPS) is 12.6. The van der Waals surface area contributed by atoms with Crippen LogP contribution in [0.25, 0.3) is 0 Å². The van der Waals surface area contributed by atoms with E-state index in [9.17, 15) is 0 Å². The van der Waals surface area contributed by atoms with Crippen molar-refractivity contribution in [1.29, 1.82) is 0 Å². The molecule has 0 fully saturated rings. The first-order valence-electron chi connectivity index (χ1n) is 5.35. The zero-order valence-electron chi connectivity index (χ0n) is 9.24. The minimum Gasteiger partial charge on any atom is -0.319 e. The Morgan fingerprint density at radius 1 is 1.38 bits per heavy atom. The average molecular weight is 217 g/mol. The second-order valence-corrected chi connectivity index (χ2v) is 3.64. The number of aryl methyl sites for hydroxylation is 1. The number of nitrogens with zero attached hydrogens (tertiary/aromatic N) is 4. The van der Waals surface area contributed by atoms with Crippen LogP contribution in [-0.4, -0.2) is 19.7 Å². The minimum atomic E-state index is -0.251. The molecule has 0 saturated heterocycles. The highest BCUT2D eigenvalue weighted by atomic mass is 15.3. The van der Waals surface area contributed by atoms with Gasteiger partial charge in [0.05, 0.1) is 24.1 Å². The number of hydrogen-bond acceptors (Lipinski definition) is 4. The van der Waals surface area contributed by atoms with E-state index in [0.717, 1.165) is 24.2 Å². The standard InChI is InChI=1S/C11H15N5/c1-2-5-16-8-9(6-15-16)11(12)10-7-13-3-4-14-10/h3-4,6-8,11H,2,5,12H2,1H3. The lowest BCUT2D eigenvalue weighted by atomic mass is 10.1. The number of rotatable bonds is 4. The van der Waals surface area contributed by atoms with Gasteiger partial charge in [-0.2, -0.15) is 5.10 Å². The van der Waals surface area contributed by atoms with E-state index in [2.05, 4.69) is 22.0 Å². The van der Waals surface area contributed by atoms with Crippen molar-refractivity contribution in [3.05, 3.63) is 42.2 Å². The third-order valence-corrected chi connectivity index (χ3v) is 2.37. The Labute approximate surface area is 94.3 Å². The minimum absolute atomic E-state index is 0.251. The molecule has 0 aliphatic carbocycles. The first-order valence-corrected chi connectivity index (χ1v) is 5.35. The summed E-state index contributed by atoms with van der Waals surface area (Å²) in [6.45, 7) is 3.02. The van der Waals surface area contributed by atoms with Crippen molar-refractivity contribution in [2.24, 2.45) is 5.73 Å². The summed E-state index contributed by atoms with van der Waals surface area (Å²) in [6.07, 6.45) is 9.77. The number of hydrogen-bond donors (Lipinski definition) is 1. The Hall–Kier alpha value is -1.75. The third-order valence-electron chi connectivity index (χ3n) is 2.37. The Bertz CT molecular complexity index is 437. The maximum atomic E-state index is 6.07. The molecule has 1 atom stereocenters. The summed E-state index contributed by atoms with van der Waals surface area (Å²) in [4.78, 5) is 8.19. The summed E-state index contributed by atoms with van der Waals surface area (Å²) < 4.78 is 1.89. The molecule has 84 valence electrons. The predicted octanol–water partition coefficient (Wildman–Crippen LogP) is 1.13. The lowest BCUT2D eigenvalue weighted by Gasteiger charge is -2.07.